The number of rotatable bonds is 5. The molecular weight excluding hydrogens is 336 g/mol. The van der Waals surface area contributed by atoms with Crippen LogP contribution in [0.1, 0.15) is 28.8 Å². The van der Waals surface area contributed by atoms with Crippen molar-refractivity contribution in [2.75, 3.05) is 18.0 Å². The van der Waals surface area contributed by atoms with Crippen LogP contribution in [0.15, 0.2) is 66.7 Å². The second-order valence-electron chi connectivity index (χ2n) is 6.84. The Hall–Kier alpha value is -3.14. The molecule has 3 aromatic carbocycles. The largest absolute Gasteiger partial charge is 0.352 e. The first-order chi connectivity index (χ1) is 13.2. The van der Waals surface area contributed by atoms with E-state index in [1.54, 1.807) is 17.0 Å². The first-order valence-corrected chi connectivity index (χ1v) is 9.38. The summed E-state index contributed by atoms with van der Waals surface area (Å²) < 4.78 is 0. The fourth-order valence-corrected chi connectivity index (χ4v) is 3.66. The molecule has 0 spiro atoms. The van der Waals surface area contributed by atoms with Gasteiger partial charge in [0.05, 0.1) is 0 Å². The summed E-state index contributed by atoms with van der Waals surface area (Å²) in [6, 6.07) is 21.9. The molecule has 1 aliphatic heterocycles. The van der Waals surface area contributed by atoms with Crippen LogP contribution in [-0.2, 0) is 11.2 Å². The zero-order chi connectivity index (χ0) is 18.6. The molecule has 3 aromatic rings. The zero-order valence-corrected chi connectivity index (χ0v) is 15.2. The van der Waals surface area contributed by atoms with Crippen molar-refractivity contribution in [3.8, 4) is 0 Å². The third kappa shape index (κ3) is 3.70. The molecule has 136 valence electrons. The number of nitrogens with zero attached hydrogens (tertiary/aromatic N) is 1. The van der Waals surface area contributed by atoms with E-state index in [0.717, 1.165) is 25.1 Å². The minimum absolute atomic E-state index is 0.108. The summed E-state index contributed by atoms with van der Waals surface area (Å²) >= 11 is 0. The van der Waals surface area contributed by atoms with Crippen LogP contribution in [0.2, 0.25) is 0 Å². The number of carbonyl (C=O) groups excluding carboxylic acids is 2. The number of anilines is 1. The molecule has 0 saturated carbocycles. The SMILES string of the molecule is O=C(NCCc1cccc2ccccc12)c1cccc(N2CCCC2=O)c1. The summed E-state index contributed by atoms with van der Waals surface area (Å²) in [5, 5.41) is 5.44. The quantitative estimate of drug-likeness (QED) is 0.751. The maximum Gasteiger partial charge on any atom is 0.251 e. The van der Waals surface area contributed by atoms with Gasteiger partial charge in [-0.25, -0.2) is 0 Å². The molecule has 1 aliphatic rings. The van der Waals surface area contributed by atoms with Gasteiger partial charge in [0.15, 0.2) is 0 Å². The number of nitrogens with one attached hydrogen (secondary N) is 1. The lowest BCUT2D eigenvalue weighted by Gasteiger charge is -2.16. The summed E-state index contributed by atoms with van der Waals surface area (Å²) in [4.78, 5) is 26.2. The highest BCUT2D eigenvalue weighted by Gasteiger charge is 2.22. The number of hydrogen-bond donors (Lipinski definition) is 1. The molecule has 4 nitrogen and oxygen atoms in total. The normalized spacial score (nSPS) is 13.9. The lowest BCUT2D eigenvalue weighted by atomic mass is 10.0. The fourth-order valence-electron chi connectivity index (χ4n) is 3.66. The van der Waals surface area contributed by atoms with Crippen molar-refractivity contribution >= 4 is 28.3 Å². The first kappa shape index (κ1) is 17.3. The van der Waals surface area contributed by atoms with Gasteiger partial charge in [0.1, 0.15) is 0 Å². The van der Waals surface area contributed by atoms with E-state index in [2.05, 4.69) is 35.6 Å². The van der Waals surface area contributed by atoms with Gasteiger partial charge < -0.3 is 10.2 Å². The second kappa shape index (κ2) is 7.62. The predicted octanol–water partition coefficient (Wildman–Crippen LogP) is 3.94. The second-order valence-corrected chi connectivity index (χ2v) is 6.84. The summed E-state index contributed by atoms with van der Waals surface area (Å²) in [7, 11) is 0. The van der Waals surface area contributed by atoms with Crippen LogP contribution in [0, 0.1) is 0 Å². The monoisotopic (exact) mass is 358 g/mol. The van der Waals surface area contributed by atoms with Crippen LogP contribution in [-0.4, -0.2) is 24.9 Å². The van der Waals surface area contributed by atoms with Crippen LogP contribution >= 0.6 is 0 Å². The van der Waals surface area contributed by atoms with Crippen LogP contribution < -0.4 is 10.2 Å². The Labute approximate surface area is 158 Å². The molecule has 4 rings (SSSR count). The van der Waals surface area contributed by atoms with E-state index in [4.69, 9.17) is 0 Å². The van der Waals surface area contributed by atoms with Crippen molar-refractivity contribution in [1.29, 1.82) is 0 Å². The minimum atomic E-state index is -0.108. The van der Waals surface area contributed by atoms with Crippen molar-refractivity contribution < 1.29 is 9.59 Å². The first-order valence-electron chi connectivity index (χ1n) is 9.38. The molecule has 0 unspecified atom stereocenters. The molecule has 1 heterocycles. The van der Waals surface area contributed by atoms with Gasteiger partial charge in [-0.3, -0.25) is 9.59 Å². The third-order valence-corrected chi connectivity index (χ3v) is 5.05. The van der Waals surface area contributed by atoms with Crippen LogP contribution in [0.25, 0.3) is 10.8 Å². The topological polar surface area (TPSA) is 49.4 Å². The highest BCUT2D eigenvalue weighted by atomic mass is 16.2. The Balaban J connectivity index is 1.42. The van der Waals surface area contributed by atoms with Crippen molar-refractivity contribution in [3.05, 3.63) is 77.9 Å². The molecule has 27 heavy (non-hydrogen) atoms. The third-order valence-electron chi connectivity index (χ3n) is 5.05. The molecule has 1 N–H and O–H groups in total. The van der Waals surface area contributed by atoms with Crippen LogP contribution in [0.3, 0.4) is 0 Å². The molecular formula is C23H22N2O2. The average Bonchev–Trinajstić information content (AvgIpc) is 3.14. The van der Waals surface area contributed by atoms with Gasteiger partial charge in [-0.2, -0.15) is 0 Å². The van der Waals surface area contributed by atoms with E-state index in [1.165, 1.54) is 16.3 Å². The van der Waals surface area contributed by atoms with E-state index in [-0.39, 0.29) is 11.8 Å². The average molecular weight is 358 g/mol. The number of hydrogen-bond acceptors (Lipinski definition) is 2. The molecule has 1 saturated heterocycles. The number of fused-ring (bicyclic) bond motifs is 1. The van der Waals surface area contributed by atoms with Gasteiger partial charge in [0.2, 0.25) is 5.91 Å². The van der Waals surface area contributed by atoms with Crippen LogP contribution in [0.5, 0.6) is 0 Å². The summed E-state index contributed by atoms with van der Waals surface area (Å²) in [6.07, 6.45) is 2.24. The zero-order valence-electron chi connectivity index (χ0n) is 15.2. The van der Waals surface area contributed by atoms with Gasteiger partial charge in [0, 0.05) is 30.8 Å². The molecule has 0 aliphatic carbocycles. The van der Waals surface area contributed by atoms with Crippen molar-refractivity contribution in [2.45, 2.75) is 19.3 Å². The van der Waals surface area contributed by atoms with Crippen molar-refractivity contribution in [3.63, 3.8) is 0 Å². The van der Waals surface area contributed by atoms with Crippen molar-refractivity contribution in [2.24, 2.45) is 0 Å². The Bertz CT molecular complexity index is 991. The van der Waals surface area contributed by atoms with Gasteiger partial charge in [-0.1, -0.05) is 48.5 Å². The predicted molar refractivity (Wildman–Crippen MR) is 108 cm³/mol. The highest BCUT2D eigenvalue weighted by molar-refractivity contribution is 5.99. The lowest BCUT2D eigenvalue weighted by molar-refractivity contribution is -0.117. The minimum Gasteiger partial charge on any atom is -0.352 e. The van der Waals surface area contributed by atoms with E-state index in [1.807, 2.05) is 24.3 Å². The van der Waals surface area contributed by atoms with Gasteiger partial charge in [-0.05, 0) is 47.4 Å². The highest BCUT2D eigenvalue weighted by Crippen LogP contribution is 2.22. The maximum absolute atomic E-state index is 12.5. The van der Waals surface area contributed by atoms with Gasteiger partial charge in [0.25, 0.3) is 5.91 Å². The molecule has 0 atom stereocenters. The Morgan fingerprint density at radius 2 is 1.81 bits per heavy atom. The molecule has 4 heteroatoms. The molecule has 0 aromatic heterocycles. The Morgan fingerprint density at radius 1 is 1.00 bits per heavy atom. The maximum atomic E-state index is 12.5. The summed E-state index contributed by atoms with van der Waals surface area (Å²) in [5.41, 5.74) is 2.62. The van der Waals surface area contributed by atoms with Crippen LogP contribution in [0.4, 0.5) is 5.69 Å². The van der Waals surface area contributed by atoms with E-state index in [9.17, 15) is 9.59 Å². The lowest BCUT2D eigenvalue weighted by Crippen LogP contribution is -2.27. The number of amides is 2. The standard InChI is InChI=1S/C23H22N2O2/c26-22-12-5-15-25(22)20-10-4-9-19(16-20)23(27)24-14-13-18-8-3-7-17-6-1-2-11-21(17)18/h1-4,6-11,16H,5,12-15H2,(H,24,27). The van der Waals surface area contributed by atoms with E-state index < -0.39 is 0 Å². The molecule has 0 bridgehead atoms. The summed E-state index contributed by atoms with van der Waals surface area (Å²) in [5.74, 6) is 0.0206. The van der Waals surface area contributed by atoms with Gasteiger partial charge in [-0.15, -0.1) is 0 Å². The van der Waals surface area contributed by atoms with Gasteiger partial charge >= 0.3 is 0 Å². The number of carbonyl (C=O) groups is 2. The van der Waals surface area contributed by atoms with Crippen molar-refractivity contribution in [1.82, 2.24) is 5.32 Å². The van der Waals surface area contributed by atoms with E-state index >= 15 is 0 Å². The Kier molecular flexibility index (Phi) is 4.88. The Morgan fingerprint density at radius 3 is 2.67 bits per heavy atom. The van der Waals surface area contributed by atoms with E-state index in [0.29, 0.717) is 18.5 Å². The summed E-state index contributed by atoms with van der Waals surface area (Å²) in [6.45, 7) is 1.30. The molecule has 1 fully saturated rings. The smallest absolute Gasteiger partial charge is 0.251 e. The fraction of sp³-hybridized carbons (Fsp3) is 0.217. The molecule has 0 radical (unpaired) electrons. The molecule has 2 amide bonds. The number of benzene rings is 3.